The summed E-state index contributed by atoms with van der Waals surface area (Å²) in [6.07, 6.45) is 5.01. The maximum Gasteiger partial charge on any atom is 0.0860 e. The largest absolute Gasteiger partial charge is 0.151 e. The zero-order valence-corrected chi connectivity index (χ0v) is 10.3. The van der Waals surface area contributed by atoms with Crippen molar-refractivity contribution in [3.63, 3.8) is 0 Å². The monoisotopic (exact) mass is 236 g/mol. The maximum absolute atomic E-state index is 4.31. The average Bonchev–Trinajstić information content (AvgIpc) is 2.46. The van der Waals surface area contributed by atoms with Crippen molar-refractivity contribution in [1.29, 1.82) is 0 Å². The second kappa shape index (κ2) is 5.13. The van der Waals surface area contributed by atoms with Crippen LogP contribution < -0.4 is 0 Å². The van der Waals surface area contributed by atoms with Crippen molar-refractivity contribution < 1.29 is 0 Å². The van der Waals surface area contributed by atoms with E-state index in [9.17, 15) is 0 Å². The lowest BCUT2D eigenvalue weighted by atomic mass is 9.91. The lowest BCUT2D eigenvalue weighted by molar-refractivity contribution is 0.685. The Labute approximate surface area is 107 Å². The van der Waals surface area contributed by atoms with Crippen LogP contribution in [0.25, 0.3) is 0 Å². The summed E-state index contributed by atoms with van der Waals surface area (Å²) < 4.78 is 0. The van der Waals surface area contributed by atoms with Gasteiger partial charge in [0.25, 0.3) is 0 Å². The predicted molar refractivity (Wildman–Crippen MR) is 73.7 cm³/mol. The molecule has 0 unspecified atom stereocenters. The second-order valence-electron chi connectivity index (χ2n) is 4.70. The van der Waals surface area contributed by atoms with Crippen LogP contribution in [0.5, 0.6) is 0 Å². The van der Waals surface area contributed by atoms with Crippen LogP contribution >= 0.6 is 0 Å². The van der Waals surface area contributed by atoms with Gasteiger partial charge in [-0.25, -0.2) is 0 Å². The second-order valence-corrected chi connectivity index (χ2v) is 4.70. The molecular formula is C16H16N2. The molecule has 2 heteroatoms. The highest BCUT2D eigenvalue weighted by Crippen LogP contribution is 2.26. The minimum absolute atomic E-state index is 0.898. The fourth-order valence-corrected chi connectivity index (χ4v) is 2.39. The lowest BCUT2D eigenvalue weighted by Crippen LogP contribution is -2.01. The van der Waals surface area contributed by atoms with E-state index < -0.39 is 0 Å². The van der Waals surface area contributed by atoms with Gasteiger partial charge >= 0.3 is 0 Å². The molecule has 0 atom stereocenters. The molecule has 0 bridgehead atoms. The van der Waals surface area contributed by atoms with Crippen LogP contribution in [0.2, 0.25) is 0 Å². The first-order chi connectivity index (χ1) is 8.92. The Morgan fingerprint density at radius 2 is 1.39 bits per heavy atom. The van der Waals surface area contributed by atoms with Crippen LogP contribution in [0, 0.1) is 0 Å². The number of azo groups is 1. The Morgan fingerprint density at radius 3 is 2.22 bits per heavy atom. The summed E-state index contributed by atoms with van der Waals surface area (Å²) in [5, 5.41) is 8.56. The van der Waals surface area contributed by atoms with Gasteiger partial charge in [-0.15, -0.1) is 0 Å². The van der Waals surface area contributed by atoms with Crippen molar-refractivity contribution in [2.75, 3.05) is 0 Å². The highest BCUT2D eigenvalue weighted by molar-refractivity contribution is 5.45. The smallest absolute Gasteiger partial charge is 0.0860 e. The van der Waals surface area contributed by atoms with Gasteiger partial charge in [-0.1, -0.05) is 24.3 Å². The van der Waals surface area contributed by atoms with Crippen molar-refractivity contribution in [1.82, 2.24) is 0 Å². The molecule has 0 aromatic heterocycles. The highest BCUT2D eigenvalue weighted by atomic mass is 15.1. The van der Waals surface area contributed by atoms with Gasteiger partial charge in [-0.3, -0.25) is 0 Å². The SMILES string of the molecule is c1ccc(N=Nc2ccc3c(c2)CCCC3)cc1. The molecule has 0 spiro atoms. The number of benzene rings is 2. The van der Waals surface area contributed by atoms with Gasteiger partial charge in [0.1, 0.15) is 0 Å². The van der Waals surface area contributed by atoms with Crippen molar-refractivity contribution in [2.24, 2.45) is 10.2 Å². The summed E-state index contributed by atoms with van der Waals surface area (Å²) in [6, 6.07) is 16.3. The quantitative estimate of drug-likeness (QED) is 0.657. The molecular weight excluding hydrogens is 220 g/mol. The van der Waals surface area contributed by atoms with E-state index in [0.717, 1.165) is 11.4 Å². The average molecular weight is 236 g/mol. The topological polar surface area (TPSA) is 24.7 Å². The summed E-state index contributed by atoms with van der Waals surface area (Å²) in [4.78, 5) is 0. The Balaban J connectivity index is 1.83. The molecule has 0 radical (unpaired) electrons. The Kier molecular flexibility index (Phi) is 3.18. The summed E-state index contributed by atoms with van der Waals surface area (Å²) in [7, 11) is 0. The standard InChI is InChI=1S/C16H16N2/c1-2-8-15(9-3-1)17-18-16-11-10-13-6-4-5-7-14(13)12-16/h1-3,8-12H,4-7H2. The minimum atomic E-state index is 0.898. The maximum atomic E-state index is 4.31. The fraction of sp³-hybridized carbons (Fsp3) is 0.250. The Bertz CT molecular complexity index is 559. The molecule has 90 valence electrons. The molecule has 0 saturated heterocycles. The summed E-state index contributed by atoms with van der Waals surface area (Å²) in [6.45, 7) is 0. The van der Waals surface area contributed by atoms with E-state index in [-0.39, 0.29) is 0 Å². The first-order valence-electron chi connectivity index (χ1n) is 6.50. The van der Waals surface area contributed by atoms with Crippen LogP contribution in [-0.2, 0) is 12.8 Å². The van der Waals surface area contributed by atoms with E-state index in [1.165, 1.54) is 36.8 Å². The van der Waals surface area contributed by atoms with Crippen LogP contribution in [0.15, 0.2) is 58.8 Å². The first kappa shape index (κ1) is 11.1. The molecule has 0 saturated carbocycles. The van der Waals surface area contributed by atoms with E-state index in [1.807, 2.05) is 30.3 Å². The number of rotatable bonds is 2. The van der Waals surface area contributed by atoms with Gasteiger partial charge in [0.05, 0.1) is 11.4 Å². The lowest BCUT2D eigenvalue weighted by Gasteiger charge is -2.15. The Hall–Kier alpha value is -1.96. The summed E-state index contributed by atoms with van der Waals surface area (Å²) in [5.41, 5.74) is 4.79. The third kappa shape index (κ3) is 2.48. The number of nitrogens with zero attached hydrogens (tertiary/aromatic N) is 2. The van der Waals surface area contributed by atoms with Crippen LogP contribution in [0.4, 0.5) is 11.4 Å². The molecule has 1 aliphatic rings. The van der Waals surface area contributed by atoms with Gasteiger partial charge in [0.2, 0.25) is 0 Å². The Morgan fingerprint density at radius 1 is 0.667 bits per heavy atom. The van der Waals surface area contributed by atoms with Crippen molar-refractivity contribution in [2.45, 2.75) is 25.7 Å². The van der Waals surface area contributed by atoms with E-state index in [2.05, 4.69) is 28.4 Å². The third-order valence-corrected chi connectivity index (χ3v) is 3.37. The van der Waals surface area contributed by atoms with Gasteiger partial charge in [-0.2, -0.15) is 10.2 Å². The molecule has 0 N–H and O–H groups in total. The van der Waals surface area contributed by atoms with Crippen molar-refractivity contribution in [3.8, 4) is 0 Å². The predicted octanol–water partition coefficient (Wildman–Crippen LogP) is 4.98. The number of hydrogen-bond acceptors (Lipinski definition) is 2. The first-order valence-corrected chi connectivity index (χ1v) is 6.50. The molecule has 2 aromatic carbocycles. The molecule has 1 aliphatic carbocycles. The molecule has 0 fully saturated rings. The van der Waals surface area contributed by atoms with E-state index >= 15 is 0 Å². The summed E-state index contributed by atoms with van der Waals surface area (Å²) in [5.74, 6) is 0. The number of hydrogen-bond donors (Lipinski definition) is 0. The molecule has 2 nitrogen and oxygen atoms in total. The van der Waals surface area contributed by atoms with Crippen LogP contribution in [-0.4, -0.2) is 0 Å². The molecule has 3 rings (SSSR count). The van der Waals surface area contributed by atoms with Gasteiger partial charge in [-0.05, 0) is 61.1 Å². The molecule has 18 heavy (non-hydrogen) atoms. The molecule has 0 amide bonds. The van der Waals surface area contributed by atoms with Gasteiger partial charge in [0, 0.05) is 0 Å². The van der Waals surface area contributed by atoms with E-state index in [0.29, 0.717) is 0 Å². The molecule has 0 aliphatic heterocycles. The fourth-order valence-electron chi connectivity index (χ4n) is 2.39. The number of fused-ring (bicyclic) bond motifs is 1. The molecule has 0 heterocycles. The van der Waals surface area contributed by atoms with E-state index in [1.54, 1.807) is 0 Å². The van der Waals surface area contributed by atoms with Crippen molar-refractivity contribution >= 4 is 11.4 Å². The number of aryl methyl sites for hydroxylation is 2. The zero-order valence-electron chi connectivity index (χ0n) is 10.3. The van der Waals surface area contributed by atoms with Gasteiger partial charge < -0.3 is 0 Å². The van der Waals surface area contributed by atoms with Crippen molar-refractivity contribution in [3.05, 3.63) is 59.7 Å². The summed E-state index contributed by atoms with van der Waals surface area (Å²) >= 11 is 0. The molecule has 2 aromatic rings. The van der Waals surface area contributed by atoms with E-state index in [4.69, 9.17) is 0 Å². The van der Waals surface area contributed by atoms with Gasteiger partial charge in [0.15, 0.2) is 0 Å². The van der Waals surface area contributed by atoms with Crippen LogP contribution in [0.3, 0.4) is 0 Å². The van der Waals surface area contributed by atoms with Crippen LogP contribution in [0.1, 0.15) is 24.0 Å². The normalized spacial score (nSPS) is 14.7. The third-order valence-electron chi connectivity index (χ3n) is 3.37. The highest BCUT2D eigenvalue weighted by Gasteiger charge is 2.08. The zero-order chi connectivity index (χ0) is 12.2. The minimum Gasteiger partial charge on any atom is -0.151 e.